The van der Waals surface area contributed by atoms with Crippen LogP contribution in [0.5, 0.6) is 0 Å². The van der Waals surface area contributed by atoms with E-state index in [9.17, 15) is 13.2 Å². The van der Waals surface area contributed by atoms with Gasteiger partial charge in [-0.2, -0.15) is 0 Å². The molecule has 3 nitrogen and oxygen atoms in total. The fraction of sp³-hybridized carbons (Fsp3) is 0.312. The van der Waals surface area contributed by atoms with E-state index in [2.05, 4.69) is 0 Å². The lowest BCUT2D eigenvalue weighted by atomic mass is 10.1. The van der Waals surface area contributed by atoms with Crippen molar-refractivity contribution in [3.05, 3.63) is 53.6 Å². The summed E-state index contributed by atoms with van der Waals surface area (Å²) < 4.78 is 24.1. The Morgan fingerprint density at radius 3 is 2.35 bits per heavy atom. The first kappa shape index (κ1) is 16.4. The Morgan fingerprint density at radius 1 is 1.10 bits per heavy atom. The zero-order valence-corrected chi connectivity index (χ0v) is 12.7. The second-order valence-corrected chi connectivity index (χ2v) is 6.78. The van der Waals surface area contributed by atoms with Gasteiger partial charge in [-0.05, 0) is 44.4 Å². The molecule has 0 aliphatic carbocycles. The van der Waals surface area contributed by atoms with Crippen LogP contribution >= 0.6 is 0 Å². The maximum Gasteiger partial charge on any atom is 0.181 e. The van der Waals surface area contributed by atoms with Crippen molar-refractivity contribution in [1.82, 2.24) is 0 Å². The average molecular weight is 292 g/mol. The highest BCUT2D eigenvalue weighted by molar-refractivity contribution is 7.91. The average Bonchev–Trinajstić information content (AvgIpc) is 2.46. The first-order valence-electron chi connectivity index (χ1n) is 6.51. The van der Waals surface area contributed by atoms with Crippen molar-refractivity contribution in [2.75, 3.05) is 5.75 Å². The molecule has 0 amide bonds. The molecule has 1 rings (SSSR count). The Bertz CT molecular complexity index is 596. The summed E-state index contributed by atoms with van der Waals surface area (Å²) in [4.78, 5) is 10.8. The normalized spacial score (nSPS) is 13.3. The Labute approximate surface area is 120 Å². The molecule has 0 N–H and O–H groups in total. The maximum absolute atomic E-state index is 12.1. The van der Waals surface area contributed by atoms with Crippen molar-refractivity contribution < 1.29 is 13.2 Å². The van der Waals surface area contributed by atoms with Gasteiger partial charge in [0.25, 0.3) is 0 Å². The predicted octanol–water partition coefficient (Wildman–Crippen LogP) is 3.33. The molecule has 0 saturated carbocycles. The van der Waals surface area contributed by atoms with Crippen LogP contribution in [0.2, 0.25) is 0 Å². The first-order valence-corrected chi connectivity index (χ1v) is 8.16. The molecule has 0 spiro atoms. The summed E-state index contributed by atoms with van der Waals surface area (Å²) in [6.45, 7) is 3.66. The molecule has 0 unspecified atom stereocenters. The third kappa shape index (κ3) is 5.53. The molecule has 1 aromatic rings. The van der Waals surface area contributed by atoms with Crippen molar-refractivity contribution in [1.29, 1.82) is 0 Å². The Morgan fingerprint density at radius 2 is 1.75 bits per heavy atom. The maximum atomic E-state index is 12.1. The van der Waals surface area contributed by atoms with E-state index in [1.54, 1.807) is 43.3 Å². The first-order chi connectivity index (χ1) is 9.45. The van der Waals surface area contributed by atoms with Gasteiger partial charge in [-0.25, -0.2) is 8.42 Å². The summed E-state index contributed by atoms with van der Waals surface area (Å²) in [5.74, 6) is 0.0131. The van der Waals surface area contributed by atoms with Gasteiger partial charge in [0.1, 0.15) is 6.29 Å². The van der Waals surface area contributed by atoms with Gasteiger partial charge in [0.15, 0.2) is 9.84 Å². The molecule has 0 radical (unpaired) electrons. The minimum absolute atomic E-state index is 0.0131. The standard InChI is InChI=1S/C16H20O3S/c1-14(7-6-8-15(2)13-17)11-12-20(18,19)16-9-4-3-5-10-16/h3-5,8-11,13H,6-7,12H2,1-2H3/b14-11+,15-8+. The molecule has 108 valence electrons. The largest absolute Gasteiger partial charge is 0.298 e. The van der Waals surface area contributed by atoms with E-state index in [1.807, 2.05) is 13.0 Å². The summed E-state index contributed by atoms with van der Waals surface area (Å²) in [6.07, 6.45) is 5.93. The topological polar surface area (TPSA) is 51.2 Å². The highest BCUT2D eigenvalue weighted by Crippen LogP contribution is 2.12. The molecule has 1 aromatic carbocycles. The molecule has 20 heavy (non-hydrogen) atoms. The summed E-state index contributed by atoms with van der Waals surface area (Å²) in [7, 11) is -3.25. The van der Waals surface area contributed by atoms with Crippen LogP contribution in [0.15, 0.2) is 58.5 Å². The van der Waals surface area contributed by atoms with Crippen LogP contribution in [0.25, 0.3) is 0 Å². The number of hydrogen-bond donors (Lipinski definition) is 0. The molecule has 0 saturated heterocycles. The number of hydrogen-bond acceptors (Lipinski definition) is 3. The number of sulfone groups is 1. The van der Waals surface area contributed by atoms with Crippen LogP contribution in [-0.2, 0) is 14.6 Å². The predicted molar refractivity (Wildman–Crippen MR) is 81.3 cm³/mol. The lowest BCUT2D eigenvalue weighted by molar-refractivity contribution is -0.104. The third-order valence-corrected chi connectivity index (χ3v) is 4.54. The number of carbonyl (C=O) groups is 1. The molecule has 0 aromatic heterocycles. The van der Waals surface area contributed by atoms with E-state index >= 15 is 0 Å². The van der Waals surface area contributed by atoms with Gasteiger partial charge >= 0.3 is 0 Å². The van der Waals surface area contributed by atoms with Crippen molar-refractivity contribution in [3.63, 3.8) is 0 Å². The highest BCUT2D eigenvalue weighted by atomic mass is 32.2. The van der Waals surface area contributed by atoms with Crippen molar-refractivity contribution in [3.8, 4) is 0 Å². The molecule has 4 heteroatoms. The lowest BCUT2D eigenvalue weighted by Gasteiger charge is -2.02. The van der Waals surface area contributed by atoms with E-state index in [0.717, 1.165) is 24.7 Å². The smallest absolute Gasteiger partial charge is 0.181 e. The monoisotopic (exact) mass is 292 g/mol. The minimum Gasteiger partial charge on any atom is -0.298 e. The SMILES string of the molecule is C/C(C=O)=C\CC/C(C)=C/CS(=O)(=O)c1ccccc1. The number of aldehydes is 1. The number of allylic oxidation sites excluding steroid dienone is 3. The van der Waals surface area contributed by atoms with Crippen LogP contribution in [0.3, 0.4) is 0 Å². The van der Waals surface area contributed by atoms with Gasteiger partial charge in [0.05, 0.1) is 10.6 Å². The van der Waals surface area contributed by atoms with Gasteiger partial charge in [-0.3, -0.25) is 4.79 Å². The van der Waals surface area contributed by atoms with E-state index in [4.69, 9.17) is 0 Å². The van der Waals surface area contributed by atoms with E-state index in [0.29, 0.717) is 10.5 Å². The molecule has 0 aliphatic rings. The lowest BCUT2D eigenvalue weighted by Crippen LogP contribution is -2.04. The van der Waals surface area contributed by atoms with Gasteiger partial charge in [0.2, 0.25) is 0 Å². The van der Waals surface area contributed by atoms with E-state index < -0.39 is 9.84 Å². The second kappa shape index (κ2) is 7.80. The molecule has 0 bridgehead atoms. The van der Waals surface area contributed by atoms with Crippen LogP contribution in [0.4, 0.5) is 0 Å². The molecule has 0 aliphatic heterocycles. The fourth-order valence-corrected chi connectivity index (χ4v) is 2.92. The summed E-state index contributed by atoms with van der Waals surface area (Å²) in [5, 5.41) is 0. The second-order valence-electron chi connectivity index (χ2n) is 4.75. The third-order valence-electron chi connectivity index (χ3n) is 2.94. The van der Waals surface area contributed by atoms with Gasteiger partial charge in [0, 0.05) is 0 Å². The van der Waals surface area contributed by atoms with Crippen LogP contribution in [-0.4, -0.2) is 20.5 Å². The minimum atomic E-state index is -3.25. The Kier molecular flexibility index (Phi) is 6.39. The van der Waals surface area contributed by atoms with Gasteiger partial charge in [-0.15, -0.1) is 0 Å². The molecular formula is C16H20O3S. The zero-order valence-electron chi connectivity index (χ0n) is 11.9. The number of benzene rings is 1. The van der Waals surface area contributed by atoms with Gasteiger partial charge in [-0.1, -0.05) is 35.9 Å². The van der Waals surface area contributed by atoms with Crippen molar-refractivity contribution >= 4 is 16.1 Å². The summed E-state index contributed by atoms with van der Waals surface area (Å²) >= 11 is 0. The molecule has 0 fully saturated rings. The van der Waals surface area contributed by atoms with Crippen molar-refractivity contribution in [2.24, 2.45) is 0 Å². The number of carbonyl (C=O) groups excluding carboxylic acids is 1. The quantitative estimate of drug-likeness (QED) is 0.440. The van der Waals surface area contributed by atoms with Crippen molar-refractivity contribution in [2.45, 2.75) is 31.6 Å². The zero-order chi connectivity index (χ0) is 15.0. The highest BCUT2D eigenvalue weighted by Gasteiger charge is 2.11. The van der Waals surface area contributed by atoms with Crippen LogP contribution in [0, 0.1) is 0 Å². The summed E-state index contributed by atoms with van der Waals surface area (Å²) in [6, 6.07) is 8.44. The molecular weight excluding hydrogens is 272 g/mol. The molecule has 0 heterocycles. The van der Waals surface area contributed by atoms with Crippen LogP contribution in [0.1, 0.15) is 26.7 Å². The van der Waals surface area contributed by atoms with E-state index in [1.165, 1.54) is 0 Å². The fourth-order valence-electron chi connectivity index (χ4n) is 1.65. The molecule has 0 atom stereocenters. The van der Waals surface area contributed by atoms with E-state index in [-0.39, 0.29) is 5.75 Å². The van der Waals surface area contributed by atoms with Crippen LogP contribution < -0.4 is 0 Å². The summed E-state index contributed by atoms with van der Waals surface area (Å²) in [5.41, 5.74) is 1.72. The van der Waals surface area contributed by atoms with Gasteiger partial charge < -0.3 is 0 Å². The number of rotatable bonds is 7. The Balaban J connectivity index is 2.61. The Hall–Kier alpha value is -1.68.